The fourth-order valence-corrected chi connectivity index (χ4v) is 2.80. The van der Waals surface area contributed by atoms with Gasteiger partial charge in [-0.25, -0.2) is 0 Å². The number of nitrogens with zero attached hydrogens (tertiary/aromatic N) is 1. The fourth-order valence-electron chi connectivity index (χ4n) is 2.80. The largest absolute Gasteiger partial charge is 0.468 e. The smallest absolute Gasteiger partial charge is 0.323 e. The Labute approximate surface area is 119 Å². The maximum atomic E-state index is 12.1. The van der Waals surface area contributed by atoms with Gasteiger partial charge in [0.05, 0.1) is 7.11 Å². The number of hydrogen-bond acceptors (Lipinski definition) is 5. The zero-order valence-electron chi connectivity index (χ0n) is 11.9. The van der Waals surface area contributed by atoms with Gasteiger partial charge in [0.2, 0.25) is 0 Å². The van der Waals surface area contributed by atoms with Gasteiger partial charge in [0.1, 0.15) is 6.04 Å². The lowest BCUT2D eigenvalue weighted by Gasteiger charge is -2.38. The lowest BCUT2D eigenvalue weighted by Crippen LogP contribution is -2.57. The van der Waals surface area contributed by atoms with Gasteiger partial charge in [0, 0.05) is 25.2 Å². The predicted octanol–water partition coefficient (Wildman–Crippen LogP) is 0.131. The molecule has 0 aliphatic carbocycles. The molecule has 0 bridgehead atoms. The van der Waals surface area contributed by atoms with E-state index in [0.29, 0.717) is 19.5 Å². The zero-order valence-corrected chi connectivity index (χ0v) is 11.9. The minimum Gasteiger partial charge on any atom is -0.468 e. The molecular formula is C15H23N3O2. The SMILES string of the molecule is COC(=O)C(Cc1ccccc1)N1CC(N)CC(N)C1. The summed E-state index contributed by atoms with van der Waals surface area (Å²) in [5.74, 6) is -0.227. The van der Waals surface area contributed by atoms with Gasteiger partial charge in [-0.1, -0.05) is 30.3 Å². The van der Waals surface area contributed by atoms with E-state index in [1.807, 2.05) is 30.3 Å². The molecule has 5 nitrogen and oxygen atoms in total. The van der Waals surface area contributed by atoms with E-state index in [4.69, 9.17) is 16.2 Å². The van der Waals surface area contributed by atoms with Crippen molar-refractivity contribution < 1.29 is 9.53 Å². The van der Waals surface area contributed by atoms with Crippen LogP contribution in [0, 0.1) is 0 Å². The first-order valence-corrected chi connectivity index (χ1v) is 6.97. The van der Waals surface area contributed by atoms with Crippen molar-refractivity contribution in [1.29, 1.82) is 0 Å². The highest BCUT2D eigenvalue weighted by Gasteiger charge is 2.32. The lowest BCUT2D eigenvalue weighted by atomic mass is 9.97. The third-order valence-electron chi connectivity index (χ3n) is 3.73. The van der Waals surface area contributed by atoms with Gasteiger partial charge in [-0.2, -0.15) is 0 Å². The van der Waals surface area contributed by atoms with Gasteiger partial charge < -0.3 is 16.2 Å². The number of likely N-dealkylation sites (tertiary alicyclic amines) is 1. The van der Waals surface area contributed by atoms with Crippen molar-refractivity contribution in [2.45, 2.75) is 31.0 Å². The summed E-state index contributed by atoms with van der Waals surface area (Å²) in [5, 5.41) is 0. The van der Waals surface area contributed by atoms with Crippen LogP contribution < -0.4 is 11.5 Å². The van der Waals surface area contributed by atoms with Crippen LogP contribution in [0.5, 0.6) is 0 Å². The highest BCUT2D eigenvalue weighted by atomic mass is 16.5. The Morgan fingerprint density at radius 1 is 1.30 bits per heavy atom. The quantitative estimate of drug-likeness (QED) is 0.765. The van der Waals surface area contributed by atoms with E-state index in [1.54, 1.807) is 0 Å². The van der Waals surface area contributed by atoms with Crippen LogP contribution in [0.25, 0.3) is 0 Å². The summed E-state index contributed by atoms with van der Waals surface area (Å²) in [7, 11) is 1.42. The van der Waals surface area contributed by atoms with Gasteiger partial charge >= 0.3 is 5.97 Å². The molecular weight excluding hydrogens is 254 g/mol. The van der Waals surface area contributed by atoms with Crippen molar-refractivity contribution in [3.05, 3.63) is 35.9 Å². The molecule has 3 atom stereocenters. The molecule has 5 heteroatoms. The number of piperidine rings is 1. The molecule has 0 radical (unpaired) electrons. The van der Waals surface area contributed by atoms with E-state index < -0.39 is 0 Å². The number of benzene rings is 1. The number of esters is 1. The molecule has 2 rings (SSSR count). The predicted molar refractivity (Wildman–Crippen MR) is 78.1 cm³/mol. The average molecular weight is 277 g/mol. The summed E-state index contributed by atoms with van der Waals surface area (Å²) in [6, 6.07) is 9.64. The topological polar surface area (TPSA) is 81.6 Å². The standard InChI is InChI=1S/C15H23N3O2/c1-20-15(19)14(7-11-5-3-2-4-6-11)18-9-12(16)8-13(17)10-18/h2-6,12-14H,7-10,16-17H2,1H3. The second kappa shape index (κ2) is 6.83. The average Bonchev–Trinajstić information content (AvgIpc) is 2.44. The second-order valence-electron chi connectivity index (χ2n) is 5.44. The van der Waals surface area contributed by atoms with E-state index in [1.165, 1.54) is 7.11 Å². The number of carbonyl (C=O) groups is 1. The molecule has 20 heavy (non-hydrogen) atoms. The summed E-state index contributed by atoms with van der Waals surface area (Å²) in [6.45, 7) is 1.36. The Kier molecular flexibility index (Phi) is 5.11. The Balaban J connectivity index is 2.13. The number of carbonyl (C=O) groups excluding carboxylic acids is 1. The van der Waals surface area contributed by atoms with Crippen LogP contribution in [0.4, 0.5) is 0 Å². The fraction of sp³-hybridized carbons (Fsp3) is 0.533. The van der Waals surface area contributed by atoms with E-state index in [2.05, 4.69) is 4.90 Å². The third-order valence-corrected chi connectivity index (χ3v) is 3.73. The second-order valence-corrected chi connectivity index (χ2v) is 5.44. The van der Waals surface area contributed by atoms with Crippen LogP contribution in [0.15, 0.2) is 30.3 Å². The molecule has 0 saturated carbocycles. The van der Waals surface area contributed by atoms with Crippen LogP contribution in [-0.2, 0) is 16.0 Å². The highest BCUT2D eigenvalue weighted by Crippen LogP contribution is 2.16. The van der Waals surface area contributed by atoms with Gasteiger partial charge in [0.25, 0.3) is 0 Å². The maximum Gasteiger partial charge on any atom is 0.323 e. The van der Waals surface area contributed by atoms with Crippen LogP contribution >= 0.6 is 0 Å². The van der Waals surface area contributed by atoms with E-state index in [-0.39, 0.29) is 24.1 Å². The van der Waals surface area contributed by atoms with Crippen molar-refractivity contribution in [3.8, 4) is 0 Å². The monoisotopic (exact) mass is 277 g/mol. The Bertz CT molecular complexity index is 428. The Morgan fingerprint density at radius 2 is 1.90 bits per heavy atom. The van der Waals surface area contributed by atoms with E-state index >= 15 is 0 Å². The first-order chi connectivity index (χ1) is 9.60. The molecule has 1 heterocycles. The van der Waals surface area contributed by atoms with Crippen molar-refractivity contribution in [2.75, 3.05) is 20.2 Å². The minimum absolute atomic E-state index is 0.0154. The number of methoxy groups -OCH3 is 1. The first kappa shape index (κ1) is 15.0. The molecule has 1 aromatic rings. The summed E-state index contributed by atoms with van der Waals surface area (Å²) in [4.78, 5) is 14.1. The van der Waals surface area contributed by atoms with Gasteiger partial charge in [-0.05, 0) is 18.4 Å². The molecule has 1 aliphatic heterocycles. The number of nitrogens with two attached hydrogens (primary N) is 2. The lowest BCUT2D eigenvalue weighted by molar-refractivity contribution is -0.147. The third kappa shape index (κ3) is 3.79. The molecule has 0 aromatic heterocycles. The molecule has 4 N–H and O–H groups in total. The molecule has 3 unspecified atom stereocenters. The molecule has 1 aromatic carbocycles. The van der Waals surface area contributed by atoms with Gasteiger partial charge in [-0.15, -0.1) is 0 Å². The van der Waals surface area contributed by atoms with Crippen LogP contribution in [-0.4, -0.2) is 49.2 Å². The molecule has 0 amide bonds. The molecule has 110 valence electrons. The van der Waals surface area contributed by atoms with Crippen molar-refractivity contribution >= 4 is 5.97 Å². The molecule has 1 saturated heterocycles. The van der Waals surface area contributed by atoms with Crippen molar-refractivity contribution in [1.82, 2.24) is 4.90 Å². The number of ether oxygens (including phenoxy) is 1. The number of rotatable bonds is 4. The number of hydrogen-bond donors (Lipinski definition) is 2. The van der Waals surface area contributed by atoms with Crippen LogP contribution in [0.3, 0.4) is 0 Å². The molecule has 0 spiro atoms. The van der Waals surface area contributed by atoms with Crippen molar-refractivity contribution in [2.24, 2.45) is 11.5 Å². The summed E-state index contributed by atoms with van der Waals surface area (Å²) in [5.41, 5.74) is 13.1. The first-order valence-electron chi connectivity index (χ1n) is 6.97. The summed E-state index contributed by atoms with van der Waals surface area (Å²) < 4.78 is 4.95. The van der Waals surface area contributed by atoms with E-state index in [9.17, 15) is 4.79 Å². The zero-order chi connectivity index (χ0) is 14.5. The Morgan fingerprint density at radius 3 is 2.45 bits per heavy atom. The van der Waals surface area contributed by atoms with Crippen molar-refractivity contribution in [3.63, 3.8) is 0 Å². The highest BCUT2D eigenvalue weighted by molar-refractivity contribution is 5.76. The van der Waals surface area contributed by atoms with Crippen LogP contribution in [0.1, 0.15) is 12.0 Å². The van der Waals surface area contributed by atoms with Gasteiger partial charge in [-0.3, -0.25) is 9.69 Å². The molecule has 1 fully saturated rings. The molecule has 1 aliphatic rings. The minimum atomic E-state index is -0.320. The van der Waals surface area contributed by atoms with Gasteiger partial charge in [0.15, 0.2) is 0 Å². The Hall–Kier alpha value is -1.43. The summed E-state index contributed by atoms with van der Waals surface area (Å²) >= 11 is 0. The van der Waals surface area contributed by atoms with Crippen LogP contribution in [0.2, 0.25) is 0 Å². The van der Waals surface area contributed by atoms with E-state index in [0.717, 1.165) is 12.0 Å². The maximum absolute atomic E-state index is 12.1. The summed E-state index contributed by atoms with van der Waals surface area (Å²) in [6.07, 6.45) is 1.42. The normalized spacial score (nSPS) is 25.1.